The molecule has 0 radical (unpaired) electrons. The van der Waals surface area contributed by atoms with Crippen molar-refractivity contribution in [2.24, 2.45) is 0 Å². The molecule has 0 heterocycles. The molecule has 0 aliphatic rings. The van der Waals surface area contributed by atoms with Gasteiger partial charge in [-0.1, -0.05) is 13.0 Å². The first kappa shape index (κ1) is 21.4. The van der Waals surface area contributed by atoms with E-state index in [1.54, 1.807) is 13.0 Å². The molecule has 2 aromatic carbocycles. The van der Waals surface area contributed by atoms with E-state index >= 15 is 0 Å². The van der Waals surface area contributed by atoms with E-state index in [1.807, 2.05) is 6.92 Å². The van der Waals surface area contributed by atoms with Crippen LogP contribution in [0.4, 0.5) is 15.8 Å². The van der Waals surface area contributed by atoms with Gasteiger partial charge in [0.2, 0.25) is 0 Å². The lowest BCUT2D eigenvalue weighted by molar-refractivity contribution is -0.384. The Morgan fingerprint density at radius 3 is 2.64 bits per heavy atom. The van der Waals surface area contributed by atoms with E-state index in [2.05, 4.69) is 5.32 Å². The third kappa shape index (κ3) is 5.78. The van der Waals surface area contributed by atoms with E-state index in [0.29, 0.717) is 5.56 Å². The van der Waals surface area contributed by atoms with E-state index in [9.17, 15) is 24.1 Å². The number of carbonyl (C=O) groups excluding carboxylic acids is 2. The van der Waals surface area contributed by atoms with Gasteiger partial charge in [0.25, 0.3) is 11.6 Å². The molecular formula is C19H19FN2O5S. The number of halogens is 1. The molecule has 0 fully saturated rings. The zero-order valence-electron chi connectivity index (χ0n) is 15.4. The Balaban J connectivity index is 2.04. The molecule has 1 amide bonds. The van der Waals surface area contributed by atoms with Gasteiger partial charge < -0.3 is 10.1 Å². The van der Waals surface area contributed by atoms with Crippen molar-refractivity contribution in [1.82, 2.24) is 0 Å². The third-order valence-electron chi connectivity index (χ3n) is 3.65. The van der Waals surface area contributed by atoms with Crippen molar-refractivity contribution in [2.45, 2.75) is 25.2 Å². The topological polar surface area (TPSA) is 98.5 Å². The first-order valence-corrected chi connectivity index (χ1v) is 9.44. The summed E-state index contributed by atoms with van der Waals surface area (Å²) >= 11 is 1.51. The summed E-state index contributed by atoms with van der Waals surface area (Å²) in [7, 11) is 0. The van der Waals surface area contributed by atoms with E-state index in [0.717, 1.165) is 23.1 Å². The van der Waals surface area contributed by atoms with Crippen LogP contribution in [0.1, 0.15) is 29.3 Å². The van der Waals surface area contributed by atoms with E-state index in [-0.39, 0.29) is 16.9 Å². The number of amides is 1. The molecule has 1 N–H and O–H groups in total. The predicted octanol–water partition coefficient (Wildman–Crippen LogP) is 4.34. The van der Waals surface area contributed by atoms with Crippen molar-refractivity contribution in [2.75, 3.05) is 17.7 Å². The van der Waals surface area contributed by atoms with Crippen LogP contribution < -0.4 is 5.32 Å². The molecule has 0 aromatic heterocycles. The first-order valence-electron chi connectivity index (χ1n) is 8.46. The van der Waals surface area contributed by atoms with Crippen LogP contribution in [0.25, 0.3) is 0 Å². The van der Waals surface area contributed by atoms with Crippen LogP contribution in [0.2, 0.25) is 0 Å². The zero-order chi connectivity index (χ0) is 20.7. The molecule has 0 saturated carbocycles. The standard InChI is InChI=1S/C19H19FN2O5S/c1-3-8-28-14-6-7-17(22(25)26)16(10-14)21-18(23)11-27-19(24)13-5-4-12(2)15(20)9-13/h4-7,9-10H,3,8,11H2,1-2H3,(H,21,23). The number of esters is 1. The Labute approximate surface area is 165 Å². The number of benzene rings is 2. The maximum atomic E-state index is 13.5. The summed E-state index contributed by atoms with van der Waals surface area (Å²) in [5.41, 5.74) is 0.108. The molecule has 0 aliphatic carbocycles. The van der Waals surface area contributed by atoms with Crippen molar-refractivity contribution in [3.8, 4) is 0 Å². The highest BCUT2D eigenvalue weighted by molar-refractivity contribution is 7.99. The van der Waals surface area contributed by atoms with Crippen LogP contribution in [0.3, 0.4) is 0 Å². The number of hydrogen-bond donors (Lipinski definition) is 1. The highest BCUT2D eigenvalue weighted by Gasteiger charge is 2.18. The summed E-state index contributed by atoms with van der Waals surface area (Å²) in [5, 5.41) is 13.6. The van der Waals surface area contributed by atoms with Crippen molar-refractivity contribution in [3.05, 3.63) is 63.5 Å². The Morgan fingerprint density at radius 1 is 1.25 bits per heavy atom. The van der Waals surface area contributed by atoms with Crippen LogP contribution in [-0.4, -0.2) is 29.2 Å². The molecule has 0 atom stereocenters. The van der Waals surface area contributed by atoms with E-state index in [4.69, 9.17) is 4.74 Å². The van der Waals surface area contributed by atoms with Gasteiger partial charge in [0, 0.05) is 11.0 Å². The van der Waals surface area contributed by atoms with Crippen LogP contribution in [-0.2, 0) is 9.53 Å². The number of nitro groups is 1. The van der Waals surface area contributed by atoms with Gasteiger partial charge in [0.15, 0.2) is 6.61 Å². The first-order chi connectivity index (χ1) is 13.3. The summed E-state index contributed by atoms with van der Waals surface area (Å²) in [4.78, 5) is 35.3. The lowest BCUT2D eigenvalue weighted by Gasteiger charge is -2.09. The summed E-state index contributed by atoms with van der Waals surface area (Å²) in [6, 6.07) is 8.27. The Morgan fingerprint density at radius 2 is 2.00 bits per heavy atom. The lowest BCUT2D eigenvalue weighted by Crippen LogP contribution is -2.21. The number of nitrogens with one attached hydrogen (secondary N) is 1. The van der Waals surface area contributed by atoms with Crippen molar-refractivity contribution >= 4 is 35.0 Å². The second-order valence-electron chi connectivity index (χ2n) is 5.87. The molecule has 7 nitrogen and oxygen atoms in total. The van der Waals surface area contributed by atoms with Gasteiger partial charge in [-0.3, -0.25) is 14.9 Å². The molecule has 0 saturated heterocycles. The summed E-state index contributed by atoms with van der Waals surface area (Å²) in [6.45, 7) is 2.91. The molecule has 0 aliphatic heterocycles. The van der Waals surface area contributed by atoms with Gasteiger partial charge in [0.1, 0.15) is 11.5 Å². The average Bonchev–Trinajstić information content (AvgIpc) is 2.66. The number of thioether (sulfide) groups is 1. The number of nitrogens with zero attached hydrogens (tertiary/aromatic N) is 1. The summed E-state index contributed by atoms with van der Waals surface area (Å²) < 4.78 is 18.4. The average molecular weight is 406 g/mol. The molecule has 2 rings (SSSR count). The molecule has 9 heteroatoms. The SMILES string of the molecule is CCCSc1ccc([N+](=O)[O-])c(NC(=O)COC(=O)c2ccc(C)c(F)c2)c1. The summed E-state index contributed by atoms with van der Waals surface area (Å²) in [5.74, 6) is -1.33. The largest absolute Gasteiger partial charge is 0.452 e. The highest BCUT2D eigenvalue weighted by atomic mass is 32.2. The van der Waals surface area contributed by atoms with Crippen LogP contribution >= 0.6 is 11.8 Å². The second-order valence-corrected chi connectivity index (χ2v) is 7.04. The van der Waals surface area contributed by atoms with Gasteiger partial charge >= 0.3 is 5.97 Å². The van der Waals surface area contributed by atoms with Gasteiger partial charge in [-0.25, -0.2) is 9.18 Å². The fourth-order valence-corrected chi connectivity index (χ4v) is 3.01. The van der Waals surface area contributed by atoms with Gasteiger partial charge in [-0.15, -0.1) is 11.8 Å². The minimum Gasteiger partial charge on any atom is -0.452 e. The maximum Gasteiger partial charge on any atom is 0.338 e. The Bertz CT molecular complexity index is 904. The Kier molecular flexibility index (Phi) is 7.51. The molecule has 2 aromatic rings. The van der Waals surface area contributed by atoms with Gasteiger partial charge in [0.05, 0.1) is 10.5 Å². The number of rotatable bonds is 8. The molecule has 0 spiro atoms. The predicted molar refractivity (Wildman–Crippen MR) is 104 cm³/mol. The molecule has 28 heavy (non-hydrogen) atoms. The molecule has 148 valence electrons. The van der Waals surface area contributed by atoms with Crippen LogP contribution in [0, 0.1) is 22.9 Å². The van der Waals surface area contributed by atoms with E-state index in [1.165, 1.54) is 36.0 Å². The fraction of sp³-hybridized carbons (Fsp3) is 0.263. The second kappa shape index (κ2) is 9.84. The van der Waals surface area contributed by atoms with Gasteiger partial charge in [-0.2, -0.15) is 0 Å². The highest BCUT2D eigenvalue weighted by Crippen LogP contribution is 2.30. The number of ether oxygens (including phenoxy) is 1. The number of anilines is 1. The number of hydrogen-bond acceptors (Lipinski definition) is 6. The number of carbonyl (C=O) groups is 2. The van der Waals surface area contributed by atoms with Crippen molar-refractivity contribution in [3.63, 3.8) is 0 Å². The third-order valence-corrected chi connectivity index (χ3v) is 4.85. The smallest absolute Gasteiger partial charge is 0.338 e. The quantitative estimate of drug-likeness (QED) is 0.303. The monoisotopic (exact) mass is 406 g/mol. The van der Waals surface area contributed by atoms with Crippen LogP contribution in [0.15, 0.2) is 41.3 Å². The minimum atomic E-state index is -0.865. The summed E-state index contributed by atoms with van der Waals surface area (Å²) in [6.07, 6.45) is 0.929. The van der Waals surface area contributed by atoms with Crippen molar-refractivity contribution < 1.29 is 23.6 Å². The Hall–Kier alpha value is -2.94. The maximum absolute atomic E-state index is 13.5. The molecular weight excluding hydrogens is 387 g/mol. The van der Waals surface area contributed by atoms with Gasteiger partial charge in [-0.05, 0) is 48.9 Å². The van der Waals surface area contributed by atoms with Crippen molar-refractivity contribution in [1.29, 1.82) is 0 Å². The molecule has 0 bridgehead atoms. The number of aryl methyl sites for hydroxylation is 1. The van der Waals surface area contributed by atoms with Crippen LogP contribution in [0.5, 0.6) is 0 Å². The minimum absolute atomic E-state index is 0.0218. The lowest BCUT2D eigenvalue weighted by atomic mass is 10.1. The molecule has 0 unspecified atom stereocenters. The zero-order valence-corrected chi connectivity index (χ0v) is 16.2. The normalized spacial score (nSPS) is 10.4. The fourth-order valence-electron chi connectivity index (χ4n) is 2.20. The number of nitro benzene ring substituents is 1. The van der Waals surface area contributed by atoms with E-state index < -0.39 is 29.2 Å².